The van der Waals surface area contributed by atoms with Crippen molar-refractivity contribution >= 4 is 7.82 Å². The van der Waals surface area contributed by atoms with Crippen LogP contribution in [0.5, 0.6) is 0 Å². The summed E-state index contributed by atoms with van der Waals surface area (Å²) in [5, 5.41) is 2.25. The van der Waals surface area contributed by atoms with Gasteiger partial charge in [-0.05, 0) is 13.8 Å². The number of hydrogen-bond donors (Lipinski definition) is 3. The molecule has 7 heteroatoms. The van der Waals surface area contributed by atoms with E-state index in [-0.39, 0.29) is 6.15 Å². The maximum absolute atomic E-state index is 8.66. The van der Waals surface area contributed by atoms with Gasteiger partial charge in [0.1, 0.15) is 0 Å². The lowest BCUT2D eigenvalue weighted by Gasteiger charge is -2.19. The smallest absolute Gasteiger partial charge is 0.0726 e. The first-order valence-electron chi connectivity index (χ1n) is 2.98. The van der Waals surface area contributed by atoms with Gasteiger partial charge in [0.2, 0.25) is 0 Å². The van der Waals surface area contributed by atoms with Crippen LogP contribution in [0.15, 0.2) is 0 Å². The van der Waals surface area contributed by atoms with Crippen molar-refractivity contribution < 1.29 is 24.6 Å². The van der Waals surface area contributed by atoms with Gasteiger partial charge in [-0.3, -0.25) is 0 Å². The van der Waals surface area contributed by atoms with Crippen LogP contribution in [0.3, 0.4) is 0 Å². The zero-order chi connectivity index (χ0) is 8.62. The average Bonchev–Trinajstić information content (AvgIpc) is 1.63. The van der Waals surface area contributed by atoms with Gasteiger partial charge in [-0.1, -0.05) is 0 Å². The Hall–Kier alpha value is 0.0300. The van der Waals surface area contributed by atoms with Crippen molar-refractivity contribution in [1.29, 1.82) is 0 Å². The lowest BCUT2D eigenvalue weighted by molar-refractivity contribution is -0.648. The molecule has 0 bridgehead atoms. The van der Waals surface area contributed by atoms with Crippen LogP contribution in [-0.4, -0.2) is 18.0 Å². The van der Waals surface area contributed by atoms with Crippen molar-refractivity contribution in [2.24, 2.45) is 0 Å². The van der Waals surface area contributed by atoms with E-state index in [9.17, 15) is 0 Å². The van der Waals surface area contributed by atoms with Crippen molar-refractivity contribution in [2.45, 2.75) is 13.8 Å². The highest BCUT2D eigenvalue weighted by molar-refractivity contribution is 7.42. The molecule has 11 heavy (non-hydrogen) atoms. The van der Waals surface area contributed by atoms with Gasteiger partial charge >= 0.3 is 0 Å². The van der Waals surface area contributed by atoms with E-state index in [0.29, 0.717) is 0 Å². The van der Waals surface area contributed by atoms with E-state index in [1.54, 1.807) is 0 Å². The van der Waals surface area contributed by atoms with Gasteiger partial charge < -0.3 is 30.7 Å². The van der Waals surface area contributed by atoms with Gasteiger partial charge in [0.05, 0.1) is 20.9 Å². The number of nitrogens with two attached hydrogens (primary N) is 1. The fraction of sp³-hybridized carbons (Fsp3) is 1.00. The fourth-order valence-electron chi connectivity index (χ4n) is 0.289. The standard InChI is InChI=1S/C4H11N.H3N.H3O4P/c1-3-5-4-2;;1-5(2,3)4/h5H,3-4H2,1-2H3;1H3;(H3,1,2,3,4). The van der Waals surface area contributed by atoms with Crippen molar-refractivity contribution in [3.63, 3.8) is 0 Å². The number of phosphoric acid groups is 1. The van der Waals surface area contributed by atoms with Gasteiger partial charge in [-0.25, -0.2) is 0 Å². The van der Waals surface area contributed by atoms with E-state index in [4.69, 9.17) is 19.2 Å². The maximum Gasteiger partial charge on any atom is 0.0726 e. The molecule has 0 aromatic rings. The molecule has 0 aliphatic heterocycles. The molecule has 0 saturated heterocycles. The molecule has 0 heterocycles. The second-order valence-electron chi connectivity index (χ2n) is 1.57. The number of rotatable bonds is 2. The molecule has 0 atom stereocenters. The summed E-state index contributed by atoms with van der Waals surface area (Å²) < 4.78 is 8.66. The molecule has 0 amide bonds. The molecule has 0 spiro atoms. The Morgan fingerprint density at radius 1 is 1.36 bits per heavy atom. The zero-order valence-corrected chi connectivity index (χ0v) is 8.01. The number of quaternary nitrogens is 2. The van der Waals surface area contributed by atoms with Crippen LogP contribution in [0.2, 0.25) is 0 Å². The molecule has 6 nitrogen and oxygen atoms in total. The molecule has 0 fully saturated rings. The van der Waals surface area contributed by atoms with Gasteiger partial charge in [0.25, 0.3) is 0 Å². The summed E-state index contributed by atoms with van der Waals surface area (Å²) in [6, 6.07) is 0. The molecule has 0 saturated carbocycles. The topological polar surface area (TPSA) is 137 Å². The molecule has 0 rings (SSSR count). The summed E-state index contributed by atoms with van der Waals surface area (Å²) >= 11 is 0. The highest BCUT2D eigenvalue weighted by Gasteiger charge is 1.67. The quantitative estimate of drug-likeness (QED) is 0.422. The maximum atomic E-state index is 8.66. The molecular weight excluding hydrogens is 171 g/mol. The lowest BCUT2D eigenvalue weighted by atomic mass is 10.7. The van der Waals surface area contributed by atoms with E-state index in [2.05, 4.69) is 19.2 Å². The van der Waals surface area contributed by atoms with E-state index in [0.717, 1.165) is 0 Å². The highest BCUT2D eigenvalue weighted by atomic mass is 31.2. The Kier molecular flexibility index (Phi) is 15.7. The first kappa shape index (κ1) is 17.2. The summed E-state index contributed by atoms with van der Waals surface area (Å²) in [7, 11) is -5.14. The SMILES string of the molecule is CC[NH2+]CC.O=P([O-])([O-])O.[NH4+]. The molecule has 0 aliphatic carbocycles. The third-order valence-corrected chi connectivity index (χ3v) is 0.577. The van der Waals surface area contributed by atoms with Crippen LogP contribution in [0.25, 0.3) is 0 Å². The largest absolute Gasteiger partial charge is 0.790 e. The normalized spacial score (nSPS) is 9.18. The molecule has 0 unspecified atom stereocenters. The first-order chi connectivity index (χ1) is 4.41. The predicted molar refractivity (Wildman–Crippen MR) is 38.8 cm³/mol. The molecule has 0 radical (unpaired) electrons. The van der Waals surface area contributed by atoms with E-state index in [1.807, 2.05) is 0 Å². The fourth-order valence-corrected chi connectivity index (χ4v) is 0.289. The molecular formula is C4H17N2O4P. The van der Waals surface area contributed by atoms with Crippen molar-refractivity contribution in [1.82, 2.24) is 6.15 Å². The van der Waals surface area contributed by atoms with Crippen molar-refractivity contribution in [3.8, 4) is 0 Å². The Morgan fingerprint density at radius 2 is 1.55 bits per heavy atom. The monoisotopic (exact) mass is 188 g/mol. The molecule has 0 aromatic heterocycles. The highest BCUT2D eigenvalue weighted by Crippen LogP contribution is 2.11. The van der Waals surface area contributed by atoms with E-state index in [1.165, 1.54) is 13.1 Å². The minimum absolute atomic E-state index is 0. The summed E-state index contributed by atoms with van der Waals surface area (Å²) in [5.74, 6) is 0. The van der Waals surface area contributed by atoms with Crippen LogP contribution in [0.1, 0.15) is 13.8 Å². The summed E-state index contributed by atoms with van der Waals surface area (Å²) in [4.78, 5) is 24.3. The van der Waals surface area contributed by atoms with Gasteiger partial charge in [0, 0.05) is 0 Å². The first-order valence-corrected chi connectivity index (χ1v) is 4.47. The molecule has 0 aliphatic rings. The zero-order valence-electron chi connectivity index (χ0n) is 7.11. The Balaban J connectivity index is -0.000000107. The van der Waals surface area contributed by atoms with Gasteiger partial charge in [0.15, 0.2) is 0 Å². The molecule has 0 aromatic carbocycles. The summed E-state index contributed by atoms with van der Waals surface area (Å²) in [6.45, 7) is 6.75. The van der Waals surface area contributed by atoms with Crippen LogP contribution in [0, 0.1) is 0 Å². The van der Waals surface area contributed by atoms with Gasteiger partial charge in [-0.2, -0.15) is 0 Å². The van der Waals surface area contributed by atoms with Gasteiger partial charge in [-0.15, -0.1) is 0 Å². The van der Waals surface area contributed by atoms with E-state index < -0.39 is 7.82 Å². The third kappa shape index (κ3) is 157. The van der Waals surface area contributed by atoms with Crippen molar-refractivity contribution in [2.75, 3.05) is 13.1 Å². The lowest BCUT2D eigenvalue weighted by Crippen LogP contribution is -2.82. The second kappa shape index (κ2) is 10.0. The van der Waals surface area contributed by atoms with Crippen LogP contribution < -0.4 is 21.3 Å². The van der Waals surface area contributed by atoms with Crippen LogP contribution in [0.4, 0.5) is 0 Å². The summed E-state index contributed by atoms with van der Waals surface area (Å²) in [5.41, 5.74) is 0. The Labute approximate surface area is 66.5 Å². The third-order valence-electron chi connectivity index (χ3n) is 0.577. The van der Waals surface area contributed by atoms with Crippen molar-refractivity contribution in [3.05, 3.63) is 0 Å². The minimum atomic E-state index is -5.14. The Bertz CT molecular complexity index is 94.0. The van der Waals surface area contributed by atoms with E-state index >= 15 is 0 Å². The Morgan fingerprint density at radius 3 is 1.55 bits per heavy atom. The molecule has 72 valence electrons. The minimum Gasteiger partial charge on any atom is -0.790 e. The average molecular weight is 188 g/mol. The number of hydrogen-bond acceptors (Lipinski definition) is 3. The second-order valence-corrected chi connectivity index (χ2v) is 2.51. The van der Waals surface area contributed by atoms with Crippen LogP contribution >= 0.6 is 7.82 Å². The van der Waals surface area contributed by atoms with Crippen LogP contribution in [-0.2, 0) is 4.57 Å². The summed E-state index contributed by atoms with van der Waals surface area (Å²) in [6.07, 6.45) is 0. The predicted octanol–water partition coefficient (Wildman–Crippen LogP) is -2.23. The molecule has 7 N–H and O–H groups in total.